The molecule has 1 aromatic carbocycles. The Morgan fingerprint density at radius 3 is 2.89 bits per heavy atom. The summed E-state index contributed by atoms with van der Waals surface area (Å²) in [4.78, 5) is 0. The highest BCUT2D eigenvalue weighted by atomic mass is 32.2. The van der Waals surface area contributed by atoms with Crippen molar-refractivity contribution in [3.8, 4) is 0 Å². The number of aryl methyl sites for hydroxylation is 2. The van der Waals surface area contributed by atoms with Gasteiger partial charge in [-0.2, -0.15) is 0 Å². The van der Waals surface area contributed by atoms with E-state index in [4.69, 9.17) is 0 Å². The van der Waals surface area contributed by atoms with Crippen molar-refractivity contribution in [2.24, 2.45) is 7.05 Å². The number of nitrogens with two attached hydrogens (primary N) is 1. The number of tetrazole rings is 1. The van der Waals surface area contributed by atoms with Gasteiger partial charge in [-0.1, -0.05) is 36.0 Å². The maximum atomic E-state index is 3.94. The number of aromatic nitrogens is 4. The van der Waals surface area contributed by atoms with Crippen LogP contribution in [0, 0.1) is 6.92 Å². The summed E-state index contributed by atoms with van der Waals surface area (Å²) >= 11 is 1.69. The van der Waals surface area contributed by atoms with E-state index in [-0.39, 0.29) is 0 Å². The quantitative estimate of drug-likeness (QED) is 0.605. The molecule has 0 spiro atoms. The average Bonchev–Trinajstić information content (AvgIpc) is 2.77. The van der Waals surface area contributed by atoms with E-state index in [2.05, 4.69) is 52.0 Å². The van der Waals surface area contributed by atoms with Crippen molar-refractivity contribution >= 4 is 11.8 Å². The number of hydrogen-bond acceptors (Lipinski definition) is 4. The molecule has 5 nitrogen and oxygen atoms in total. The molecule has 0 bridgehead atoms. The first kappa shape index (κ1) is 13.0. The zero-order valence-electron chi connectivity index (χ0n) is 10.7. The zero-order valence-corrected chi connectivity index (χ0v) is 11.5. The fraction of sp³-hybridized carbons (Fsp3) is 0.417. The van der Waals surface area contributed by atoms with Crippen LogP contribution < -0.4 is 5.32 Å². The van der Waals surface area contributed by atoms with Gasteiger partial charge < -0.3 is 5.32 Å². The Kier molecular flexibility index (Phi) is 4.72. The lowest BCUT2D eigenvalue weighted by Crippen LogP contribution is -2.83. The molecule has 0 fully saturated rings. The summed E-state index contributed by atoms with van der Waals surface area (Å²) in [7, 11) is 1.86. The van der Waals surface area contributed by atoms with Gasteiger partial charge in [-0.25, -0.2) is 4.68 Å². The molecular weight excluding hydrogens is 246 g/mol. The summed E-state index contributed by atoms with van der Waals surface area (Å²) in [6.07, 6.45) is 0. The van der Waals surface area contributed by atoms with E-state index in [9.17, 15) is 0 Å². The SMILES string of the molecule is Cc1ccccc1C[NH2+]CCSc1nnnn1C. The minimum atomic E-state index is 0.874. The summed E-state index contributed by atoms with van der Waals surface area (Å²) in [5, 5.41) is 14.5. The highest BCUT2D eigenvalue weighted by Gasteiger charge is 2.03. The normalized spacial score (nSPS) is 10.8. The molecule has 0 aliphatic carbocycles. The van der Waals surface area contributed by atoms with Crippen molar-refractivity contribution in [1.82, 2.24) is 20.2 Å². The summed E-state index contributed by atoms with van der Waals surface area (Å²) in [6, 6.07) is 8.51. The zero-order chi connectivity index (χ0) is 12.8. The number of nitrogens with zero attached hydrogens (tertiary/aromatic N) is 4. The lowest BCUT2D eigenvalue weighted by molar-refractivity contribution is -0.666. The second-order valence-electron chi connectivity index (χ2n) is 4.14. The Hall–Kier alpha value is -1.40. The molecule has 18 heavy (non-hydrogen) atoms. The van der Waals surface area contributed by atoms with Crippen LogP contribution in [0.25, 0.3) is 0 Å². The molecule has 1 aromatic heterocycles. The fourth-order valence-electron chi connectivity index (χ4n) is 1.67. The van der Waals surface area contributed by atoms with Crippen molar-refractivity contribution in [1.29, 1.82) is 0 Å². The smallest absolute Gasteiger partial charge is 0.209 e. The largest absolute Gasteiger partial charge is 0.342 e. The standard InChI is InChI=1S/C12H17N5S/c1-10-5-3-4-6-11(10)9-13-7-8-18-12-14-15-16-17(12)2/h3-6,13H,7-9H2,1-2H3/p+1. The van der Waals surface area contributed by atoms with Crippen LogP contribution in [0.3, 0.4) is 0 Å². The number of quaternary nitrogens is 1. The molecule has 0 atom stereocenters. The van der Waals surface area contributed by atoms with Gasteiger partial charge in [0.1, 0.15) is 6.54 Å². The lowest BCUT2D eigenvalue weighted by atomic mass is 10.1. The molecule has 2 aromatic rings. The highest BCUT2D eigenvalue weighted by Crippen LogP contribution is 2.10. The summed E-state index contributed by atoms with van der Waals surface area (Å²) in [6.45, 7) is 4.25. The summed E-state index contributed by atoms with van der Waals surface area (Å²) < 4.78 is 1.70. The van der Waals surface area contributed by atoms with E-state index >= 15 is 0 Å². The Labute approximate surface area is 111 Å². The Balaban J connectivity index is 1.68. The molecule has 0 saturated heterocycles. The van der Waals surface area contributed by atoms with E-state index in [0.717, 1.165) is 24.0 Å². The highest BCUT2D eigenvalue weighted by molar-refractivity contribution is 7.99. The number of thioether (sulfide) groups is 1. The van der Waals surface area contributed by atoms with E-state index in [1.54, 1.807) is 16.4 Å². The first-order chi connectivity index (χ1) is 8.77. The van der Waals surface area contributed by atoms with Gasteiger partial charge in [0, 0.05) is 12.6 Å². The van der Waals surface area contributed by atoms with Crippen LogP contribution >= 0.6 is 11.8 Å². The maximum absolute atomic E-state index is 3.94. The molecule has 6 heteroatoms. The van der Waals surface area contributed by atoms with Gasteiger partial charge in [-0.3, -0.25) is 0 Å². The molecule has 0 saturated carbocycles. The minimum Gasteiger partial charge on any atom is -0.342 e. The molecule has 2 rings (SSSR count). The molecule has 0 radical (unpaired) electrons. The fourth-order valence-corrected chi connectivity index (χ4v) is 2.46. The number of rotatable bonds is 6. The van der Waals surface area contributed by atoms with Gasteiger partial charge >= 0.3 is 0 Å². The van der Waals surface area contributed by atoms with Crippen LogP contribution in [0.15, 0.2) is 29.4 Å². The Morgan fingerprint density at radius 2 is 2.17 bits per heavy atom. The molecule has 1 heterocycles. The Bertz CT molecular complexity index is 497. The van der Waals surface area contributed by atoms with Gasteiger partial charge in [0.2, 0.25) is 5.16 Å². The van der Waals surface area contributed by atoms with Crippen molar-refractivity contribution in [3.05, 3.63) is 35.4 Å². The summed E-state index contributed by atoms with van der Waals surface area (Å²) in [5.41, 5.74) is 2.77. The second-order valence-corrected chi connectivity index (χ2v) is 5.20. The van der Waals surface area contributed by atoms with E-state index in [1.165, 1.54) is 11.1 Å². The van der Waals surface area contributed by atoms with Crippen molar-refractivity contribution in [3.63, 3.8) is 0 Å². The van der Waals surface area contributed by atoms with E-state index in [1.807, 2.05) is 7.05 Å². The summed E-state index contributed by atoms with van der Waals surface area (Å²) in [5.74, 6) is 1.01. The first-order valence-corrected chi connectivity index (χ1v) is 6.97. The van der Waals surface area contributed by atoms with E-state index < -0.39 is 0 Å². The van der Waals surface area contributed by atoms with Crippen molar-refractivity contribution in [2.45, 2.75) is 18.6 Å². The third kappa shape index (κ3) is 3.54. The predicted molar refractivity (Wildman–Crippen MR) is 71.2 cm³/mol. The van der Waals surface area contributed by atoms with Crippen LogP contribution in [0.2, 0.25) is 0 Å². The topological polar surface area (TPSA) is 60.2 Å². The Morgan fingerprint density at radius 1 is 1.33 bits per heavy atom. The van der Waals surface area contributed by atoms with Crippen LogP contribution in [-0.4, -0.2) is 32.5 Å². The van der Waals surface area contributed by atoms with Gasteiger partial charge in [-0.05, 0) is 22.9 Å². The molecule has 0 aliphatic rings. The van der Waals surface area contributed by atoms with Gasteiger partial charge in [0.05, 0.1) is 12.3 Å². The third-order valence-electron chi connectivity index (χ3n) is 2.76. The monoisotopic (exact) mass is 264 g/mol. The minimum absolute atomic E-state index is 0.874. The van der Waals surface area contributed by atoms with Crippen LogP contribution in [0.1, 0.15) is 11.1 Å². The molecule has 0 aliphatic heterocycles. The molecule has 2 N–H and O–H groups in total. The average molecular weight is 264 g/mol. The van der Waals surface area contributed by atoms with Crippen molar-refractivity contribution < 1.29 is 5.32 Å². The van der Waals surface area contributed by atoms with E-state index in [0.29, 0.717) is 0 Å². The molecule has 96 valence electrons. The first-order valence-electron chi connectivity index (χ1n) is 5.98. The number of benzene rings is 1. The predicted octanol–water partition coefficient (Wildman–Crippen LogP) is 0.374. The van der Waals surface area contributed by atoms with Crippen molar-refractivity contribution in [2.75, 3.05) is 12.3 Å². The molecule has 0 unspecified atom stereocenters. The lowest BCUT2D eigenvalue weighted by Gasteiger charge is -2.04. The van der Waals surface area contributed by atoms with Crippen LogP contribution in [0.4, 0.5) is 0 Å². The maximum Gasteiger partial charge on any atom is 0.209 e. The van der Waals surface area contributed by atoms with Crippen LogP contribution in [0.5, 0.6) is 0 Å². The van der Waals surface area contributed by atoms with Crippen LogP contribution in [-0.2, 0) is 13.6 Å². The number of hydrogen-bond donors (Lipinski definition) is 1. The molecule has 0 amide bonds. The van der Waals surface area contributed by atoms with Gasteiger partial charge in [-0.15, -0.1) is 5.10 Å². The second kappa shape index (κ2) is 6.51. The van der Waals surface area contributed by atoms with Gasteiger partial charge in [0.15, 0.2) is 0 Å². The van der Waals surface area contributed by atoms with Gasteiger partial charge in [0.25, 0.3) is 0 Å². The third-order valence-corrected chi connectivity index (χ3v) is 3.80. The molecular formula is C12H18N5S+.